The van der Waals surface area contributed by atoms with Gasteiger partial charge in [-0.15, -0.1) is 0 Å². The van der Waals surface area contributed by atoms with Gasteiger partial charge in [0.15, 0.2) is 0 Å². The van der Waals surface area contributed by atoms with E-state index in [0.29, 0.717) is 6.42 Å². The Balaban J connectivity index is 3.87. The number of amides is 2. The summed E-state index contributed by atoms with van der Waals surface area (Å²) >= 11 is 0. The minimum absolute atomic E-state index is 0.0767. The van der Waals surface area contributed by atoms with Crippen molar-refractivity contribution in [2.75, 3.05) is 0 Å². The molecule has 0 aromatic rings. The van der Waals surface area contributed by atoms with Crippen molar-refractivity contribution in [1.29, 1.82) is 0 Å². The lowest BCUT2D eigenvalue weighted by atomic mass is 10.1. The van der Waals surface area contributed by atoms with Crippen molar-refractivity contribution in [3.63, 3.8) is 0 Å². The van der Waals surface area contributed by atoms with Crippen LogP contribution in [0.15, 0.2) is 0 Å². The molecule has 0 aromatic carbocycles. The van der Waals surface area contributed by atoms with Gasteiger partial charge in [0.1, 0.15) is 6.04 Å². The summed E-state index contributed by atoms with van der Waals surface area (Å²) in [6.07, 6.45) is 4.68. The Morgan fingerprint density at radius 2 is 1.82 bits per heavy atom. The van der Waals surface area contributed by atoms with Crippen molar-refractivity contribution >= 4 is 12.0 Å². The quantitative estimate of drug-likeness (QED) is 0.572. The van der Waals surface area contributed by atoms with Gasteiger partial charge in [0, 0.05) is 6.04 Å². The van der Waals surface area contributed by atoms with E-state index in [1.54, 1.807) is 6.92 Å². The zero-order valence-corrected chi connectivity index (χ0v) is 11.0. The second-order valence-electron chi connectivity index (χ2n) is 4.31. The number of rotatable bonds is 8. The summed E-state index contributed by atoms with van der Waals surface area (Å²) in [5.74, 6) is -0.999. The van der Waals surface area contributed by atoms with Gasteiger partial charge in [-0.2, -0.15) is 0 Å². The van der Waals surface area contributed by atoms with E-state index in [2.05, 4.69) is 17.6 Å². The Morgan fingerprint density at radius 3 is 2.29 bits per heavy atom. The number of carboxylic acid groups (broad SMARTS) is 1. The Labute approximate surface area is 103 Å². The summed E-state index contributed by atoms with van der Waals surface area (Å²) in [4.78, 5) is 22.2. The Hall–Kier alpha value is -1.26. The lowest BCUT2D eigenvalue weighted by Gasteiger charge is -2.17. The summed E-state index contributed by atoms with van der Waals surface area (Å²) < 4.78 is 0. The maximum Gasteiger partial charge on any atom is 0.326 e. The monoisotopic (exact) mass is 244 g/mol. The molecule has 17 heavy (non-hydrogen) atoms. The zero-order chi connectivity index (χ0) is 13.3. The molecule has 0 aliphatic rings. The number of nitrogens with one attached hydrogen (secondary N) is 2. The third kappa shape index (κ3) is 7.60. The molecule has 0 radical (unpaired) electrons. The highest BCUT2D eigenvalue weighted by atomic mass is 16.4. The minimum atomic E-state index is -0.999. The highest BCUT2D eigenvalue weighted by Crippen LogP contribution is 2.02. The molecule has 0 aliphatic carbocycles. The van der Waals surface area contributed by atoms with E-state index in [4.69, 9.17) is 5.11 Å². The number of carbonyl (C=O) groups excluding carboxylic acids is 1. The van der Waals surface area contributed by atoms with Crippen LogP contribution in [-0.4, -0.2) is 29.2 Å². The number of carboxylic acids is 1. The van der Waals surface area contributed by atoms with E-state index in [1.165, 1.54) is 0 Å². The molecule has 0 aliphatic heterocycles. The fraction of sp³-hybridized carbons (Fsp3) is 0.833. The van der Waals surface area contributed by atoms with E-state index in [9.17, 15) is 9.59 Å². The molecule has 0 rings (SSSR count). The highest BCUT2D eigenvalue weighted by Gasteiger charge is 2.18. The first-order valence-electron chi connectivity index (χ1n) is 6.31. The van der Waals surface area contributed by atoms with Crippen LogP contribution in [0.25, 0.3) is 0 Å². The van der Waals surface area contributed by atoms with Gasteiger partial charge in [0.25, 0.3) is 0 Å². The van der Waals surface area contributed by atoms with Crippen molar-refractivity contribution in [2.24, 2.45) is 0 Å². The van der Waals surface area contributed by atoms with E-state index in [0.717, 1.165) is 25.7 Å². The van der Waals surface area contributed by atoms with Gasteiger partial charge in [0.2, 0.25) is 0 Å². The molecule has 0 saturated heterocycles. The predicted molar refractivity (Wildman–Crippen MR) is 67.0 cm³/mol. The van der Waals surface area contributed by atoms with Crippen LogP contribution < -0.4 is 10.6 Å². The van der Waals surface area contributed by atoms with Crippen molar-refractivity contribution in [1.82, 2.24) is 10.6 Å². The number of unbranched alkanes of at least 4 members (excludes halogenated alkanes) is 2. The minimum Gasteiger partial charge on any atom is -0.480 e. The zero-order valence-electron chi connectivity index (χ0n) is 11.0. The molecule has 0 fully saturated rings. The first-order valence-corrected chi connectivity index (χ1v) is 6.31. The maximum absolute atomic E-state index is 11.5. The van der Waals surface area contributed by atoms with Gasteiger partial charge < -0.3 is 15.7 Å². The number of urea groups is 1. The molecule has 2 amide bonds. The second-order valence-corrected chi connectivity index (χ2v) is 4.31. The van der Waals surface area contributed by atoms with Crippen LogP contribution in [0.5, 0.6) is 0 Å². The van der Waals surface area contributed by atoms with Crippen molar-refractivity contribution in [2.45, 2.75) is 65.0 Å². The largest absolute Gasteiger partial charge is 0.480 e. The summed E-state index contributed by atoms with van der Waals surface area (Å²) in [6, 6.07) is -1.13. The lowest BCUT2D eigenvalue weighted by Crippen LogP contribution is -2.48. The molecule has 100 valence electrons. The summed E-state index contributed by atoms with van der Waals surface area (Å²) in [5.41, 5.74) is 0. The highest BCUT2D eigenvalue weighted by molar-refractivity contribution is 5.82. The first-order chi connectivity index (χ1) is 8.01. The molecule has 0 heterocycles. The average molecular weight is 244 g/mol. The molecule has 2 atom stereocenters. The van der Waals surface area contributed by atoms with Gasteiger partial charge in [-0.25, -0.2) is 9.59 Å². The molecule has 2 unspecified atom stereocenters. The van der Waals surface area contributed by atoms with Gasteiger partial charge >= 0.3 is 12.0 Å². The normalized spacial score (nSPS) is 13.8. The molecule has 5 nitrogen and oxygen atoms in total. The Morgan fingerprint density at radius 1 is 1.18 bits per heavy atom. The van der Waals surface area contributed by atoms with Gasteiger partial charge in [0.05, 0.1) is 0 Å². The van der Waals surface area contributed by atoms with Crippen LogP contribution in [-0.2, 0) is 4.79 Å². The summed E-state index contributed by atoms with van der Waals surface area (Å²) in [6.45, 7) is 5.78. The maximum atomic E-state index is 11.5. The van der Waals surface area contributed by atoms with Gasteiger partial charge in [-0.3, -0.25) is 0 Å². The second kappa shape index (κ2) is 8.84. The Kier molecular flexibility index (Phi) is 8.19. The van der Waals surface area contributed by atoms with Gasteiger partial charge in [-0.1, -0.05) is 33.1 Å². The number of carbonyl (C=O) groups is 2. The van der Waals surface area contributed by atoms with E-state index in [-0.39, 0.29) is 6.04 Å². The fourth-order valence-electron chi connectivity index (χ4n) is 1.53. The van der Waals surface area contributed by atoms with Crippen LogP contribution in [0.2, 0.25) is 0 Å². The third-order valence-electron chi connectivity index (χ3n) is 2.63. The molecular weight excluding hydrogens is 220 g/mol. The summed E-state index contributed by atoms with van der Waals surface area (Å²) in [7, 11) is 0. The Bertz CT molecular complexity index is 244. The van der Waals surface area contributed by atoms with Crippen molar-refractivity contribution < 1.29 is 14.7 Å². The third-order valence-corrected chi connectivity index (χ3v) is 2.63. The molecule has 3 N–H and O–H groups in total. The molecule has 0 saturated carbocycles. The van der Waals surface area contributed by atoms with Crippen LogP contribution in [0.1, 0.15) is 52.9 Å². The smallest absolute Gasteiger partial charge is 0.326 e. The van der Waals surface area contributed by atoms with Crippen LogP contribution in [0.4, 0.5) is 4.79 Å². The van der Waals surface area contributed by atoms with E-state index < -0.39 is 18.0 Å². The molecule has 0 aromatic heterocycles. The standard InChI is InChI=1S/C12H24N2O3/c1-4-6-7-8-9(3)13-12(17)14-10(5-2)11(15)16/h9-10H,4-8H2,1-3H3,(H,15,16)(H2,13,14,17). The lowest BCUT2D eigenvalue weighted by molar-refractivity contribution is -0.139. The SMILES string of the molecule is CCCCCC(C)NC(=O)NC(CC)C(=O)O. The fourth-order valence-corrected chi connectivity index (χ4v) is 1.53. The van der Waals surface area contributed by atoms with E-state index >= 15 is 0 Å². The van der Waals surface area contributed by atoms with Crippen molar-refractivity contribution in [3.05, 3.63) is 0 Å². The van der Waals surface area contributed by atoms with E-state index in [1.807, 2.05) is 6.92 Å². The molecular formula is C12H24N2O3. The molecule has 5 heteroatoms. The predicted octanol–water partition coefficient (Wildman–Crippen LogP) is 2.12. The number of hydrogen-bond acceptors (Lipinski definition) is 2. The van der Waals surface area contributed by atoms with Crippen LogP contribution >= 0.6 is 0 Å². The molecule has 0 bridgehead atoms. The van der Waals surface area contributed by atoms with Crippen LogP contribution in [0, 0.1) is 0 Å². The van der Waals surface area contributed by atoms with Crippen LogP contribution in [0.3, 0.4) is 0 Å². The summed E-state index contributed by atoms with van der Waals surface area (Å²) in [5, 5.41) is 14.0. The number of aliphatic carboxylic acids is 1. The van der Waals surface area contributed by atoms with Gasteiger partial charge in [-0.05, 0) is 19.8 Å². The molecule has 0 spiro atoms. The first kappa shape index (κ1) is 15.7. The number of hydrogen-bond donors (Lipinski definition) is 3. The topological polar surface area (TPSA) is 78.4 Å². The van der Waals surface area contributed by atoms with Crippen molar-refractivity contribution in [3.8, 4) is 0 Å². The average Bonchev–Trinajstić information content (AvgIpc) is 2.25.